The molecule has 1 aromatic carbocycles. The fourth-order valence-electron chi connectivity index (χ4n) is 3.81. The van der Waals surface area contributed by atoms with Crippen molar-refractivity contribution in [1.29, 1.82) is 5.26 Å². The van der Waals surface area contributed by atoms with E-state index in [1.54, 1.807) is 18.2 Å². The maximum Gasteiger partial charge on any atom is 0.334 e. The van der Waals surface area contributed by atoms with E-state index in [4.69, 9.17) is 21.7 Å². The Kier molecular flexibility index (Phi) is 4.85. The molecular weight excluding hydrogens is 370 g/mol. The van der Waals surface area contributed by atoms with Gasteiger partial charge in [-0.25, -0.2) is 4.79 Å². The first-order chi connectivity index (χ1) is 12.9. The van der Waals surface area contributed by atoms with Crippen molar-refractivity contribution in [3.05, 3.63) is 29.3 Å². The topological polar surface area (TPSA) is 118 Å². The molecule has 0 unspecified atom stereocenters. The standard InChI is InChI=1S/C18H17N3O5S/c1-25-10-4-5-11-9(7-10)3-6-12(14(11)22)18(16(24)26-2)13(8-19)15(23)20-17(27)21-18/h4-5,7,12-13H,3,6H2,1-2H3,(H2,20,21,23,27)/t12-,13+,18+/m0/s1. The van der Waals surface area contributed by atoms with Gasteiger partial charge in [0, 0.05) is 5.56 Å². The Morgan fingerprint density at radius 1 is 1.37 bits per heavy atom. The van der Waals surface area contributed by atoms with Crippen LogP contribution >= 0.6 is 12.2 Å². The Labute approximate surface area is 160 Å². The highest BCUT2D eigenvalue weighted by Gasteiger charge is 2.61. The number of esters is 1. The second-order valence-electron chi connectivity index (χ2n) is 6.34. The number of rotatable bonds is 3. The lowest BCUT2D eigenvalue weighted by Crippen LogP contribution is -2.74. The molecule has 1 saturated heterocycles. The van der Waals surface area contributed by atoms with Crippen LogP contribution in [0.3, 0.4) is 0 Å². The van der Waals surface area contributed by atoms with Gasteiger partial charge >= 0.3 is 5.97 Å². The van der Waals surface area contributed by atoms with Crippen molar-refractivity contribution < 1.29 is 23.9 Å². The fraction of sp³-hybridized carbons (Fsp3) is 0.389. The Bertz CT molecular complexity index is 893. The summed E-state index contributed by atoms with van der Waals surface area (Å²) in [6, 6.07) is 6.87. The van der Waals surface area contributed by atoms with Crippen molar-refractivity contribution in [2.75, 3.05) is 14.2 Å². The van der Waals surface area contributed by atoms with E-state index in [2.05, 4.69) is 10.6 Å². The van der Waals surface area contributed by atoms with Crippen molar-refractivity contribution in [1.82, 2.24) is 10.6 Å². The first-order valence-corrected chi connectivity index (χ1v) is 8.62. The fourth-order valence-corrected chi connectivity index (χ4v) is 4.08. The molecule has 0 radical (unpaired) electrons. The third kappa shape index (κ3) is 2.82. The molecule has 3 atom stereocenters. The number of carbonyl (C=O) groups is 3. The molecule has 9 heteroatoms. The molecule has 1 aromatic rings. The van der Waals surface area contributed by atoms with Gasteiger partial charge in [-0.2, -0.15) is 5.26 Å². The van der Waals surface area contributed by atoms with Crippen molar-refractivity contribution in [3.8, 4) is 11.8 Å². The van der Waals surface area contributed by atoms with E-state index in [0.29, 0.717) is 17.7 Å². The number of hydrogen-bond acceptors (Lipinski definition) is 7. The number of aryl methyl sites for hydroxylation is 1. The highest BCUT2D eigenvalue weighted by Crippen LogP contribution is 2.40. The van der Waals surface area contributed by atoms with Crippen LogP contribution in [-0.2, 0) is 20.7 Å². The third-order valence-electron chi connectivity index (χ3n) is 5.07. The number of nitrogens with one attached hydrogen (secondary N) is 2. The van der Waals surface area contributed by atoms with E-state index in [1.807, 2.05) is 6.07 Å². The molecule has 1 fully saturated rings. The number of thiocarbonyl (C=S) groups is 1. The number of carbonyl (C=O) groups excluding carboxylic acids is 3. The van der Waals surface area contributed by atoms with Crippen molar-refractivity contribution >= 4 is 35.0 Å². The number of hydrogen-bond donors (Lipinski definition) is 2. The predicted octanol–water partition coefficient (Wildman–Crippen LogP) is 0.496. The Balaban J connectivity index is 2.12. The number of ether oxygens (including phenoxy) is 2. The number of fused-ring (bicyclic) bond motifs is 1. The Hall–Kier alpha value is -2.99. The molecule has 8 nitrogen and oxygen atoms in total. The summed E-state index contributed by atoms with van der Waals surface area (Å²) in [7, 11) is 2.67. The summed E-state index contributed by atoms with van der Waals surface area (Å²) in [6.07, 6.45) is 0.713. The number of ketones is 1. The number of nitrogens with zero attached hydrogens (tertiary/aromatic N) is 1. The molecule has 2 N–H and O–H groups in total. The molecule has 1 heterocycles. The molecule has 1 aliphatic heterocycles. The lowest BCUT2D eigenvalue weighted by Gasteiger charge is -2.45. The van der Waals surface area contributed by atoms with E-state index in [1.165, 1.54) is 7.11 Å². The predicted molar refractivity (Wildman–Crippen MR) is 96.9 cm³/mol. The quantitative estimate of drug-likeness (QED) is 0.569. The minimum absolute atomic E-state index is 0.120. The Morgan fingerprint density at radius 3 is 2.74 bits per heavy atom. The lowest BCUT2D eigenvalue weighted by molar-refractivity contribution is -0.155. The molecule has 0 bridgehead atoms. The first-order valence-electron chi connectivity index (χ1n) is 8.21. The van der Waals surface area contributed by atoms with Gasteiger partial charge in [0.25, 0.3) is 0 Å². The zero-order chi connectivity index (χ0) is 19.8. The average Bonchev–Trinajstić information content (AvgIpc) is 2.66. The molecule has 27 heavy (non-hydrogen) atoms. The molecular formula is C18H17N3O5S. The van der Waals surface area contributed by atoms with Crippen LogP contribution in [0.1, 0.15) is 22.3 Å². The summed E-state index contributed by atoms with van der Waals surface area (Å²) < 4.78 is 10.1. The molecule has 1 aliphatic carbocycles. The minimum Gasteiger partial charge on any atom is -0.497 e. The number of benzene rings is 1. The average molecular weight is 387 g/mol. The van der Waals surface area contributed by atoms with Crippen LogP contribution in [0.25, 0.3) is 0 Å². The van der Waals surface area contributed by atoms with Gasteiger partial charge in [-0.3, -0.25) is 9.59 Å². The number of methoxy groups -OCH3 is 2. The summed E-state index contributed by atoms with van der Waals surface area (Å²) >= 11 is 5.03. The van der Waals surface area contributed by atoms with Gasteiger partial charge < -0.3 is 20.1 Å². The molecule has 2 aliphatic rings. The number of nitriles is 1. The number of Topliss-reactive ketones (excluding diaryl/α,β-unsaturated/α-hetero) is 1. The normalized spacial score (nSPS) is 26.9. The highest BCUT2D eigenvalue weighted by molar-refractivity contribution is 7.80. The van der Waals surface area contributed by atoms with Crippen LogP contribution in [0.2, 0.25) is 0 Å². The van der Waals surface area contributed by atoms with Gasteiger partial charge in [0.05, 0.1) is 26.2 Å². The molecule has 0 aromatic heterocycles. The van der Waals surface area contributed by atoms with Crippen molar-refractivity contribution in [3.63, 3.8) is 0 Å². The summed E-state index contributed by atoms with van der Waals surface area (Å²) in [5.41, 5.74) is -0.671. The molecule has 0 saturated carbocycles. The maximum atomic E-state index is 13.2. The lowest BCUT2D eigenvalue weighted by atomic mass is 9.65. The Morgan fingerprint density at radius 2 is 2.11 bits per heavy atom. The van der Waals surface area contributed by atoms with Crippen LogP contribution in [0.4, 0.5) is 0 Å². The van der Waals surface area contributed by atoms with Gasteiger partial charge in [0.1, 0.15) is 5.75 Å². The largest absolute Gasteiger partial charge is 0.497 e. The molecule has 0 spiro atoms. The second-order valence-corrected chi connectivity index (χ2v) is 6.75. The van der Waals surface area contributed by atoms with Crippen LogP contribution in [0.5, 0.6) is 5.75 Å². The van der Waals surface area contributed by atoms with Crippen LogP contribution in [-0.4, -0.2) is 42.5 Å². The summed E-state index contributed by atoms with van der Waals surface area (Å²) in [5.74, 6) is -3.80. The minimum atomic E-state index is -1.88. The summed E-state index contributed by atoms with van der Waals surface area (Å²) in [4.78, 5) is 38.4. The molecule has 3 rings (SSSR count). The van der Waals surface area contributed by atoms with E-state index >= 15 is 0 Å². The van der Waals surface area contributed by atoms with Crippen molar-refractivity contribution in [2.45, 2.75) is 18.4 Å². The summed E-state index contributed by atoms with van der Waals surface area (Å²) in [6.45, 7) is 0. The van der Waals surface area contributed by atoms with Gasteiger partial charge in [-0.15, -0.1) is 0 Å². The van der Waals surface area contributed by atoms with E-state index in [9.17, 15) is 19.6 Å². The first kappa shape index (κ1) is 18.8. The van der Waals surface area contributed by atoms with E-state index in [0.717, 1.165) is 12.7 Å². The van der Waals surface area contributed by atoms with Gasteiger partial charge in [-0.05, 0) is 48.8 Å². The maximum absolute atomic E-state index is 13.2. The van der Waals surface area contributed by atoms with Crippen LogP contribution in [0.15, 0.2) is 18.2 Å². The SMILES string of the molecule is COC(=O)[C@]1([C@H]2CCc3cc(OC)ccc3C2=O)NC(=S)NC(=O)[C@H]1C#N. The molecule has 140 valence electrons. The number of amides is 1. The van der Waals surface area contributed by atoms with E-state index < -0.39 is 29.3 Å². The van der Waals surface area contributed by atoms with Gasteiger partial charge in [0.15, 0.2) is 22.4 Å². The monoisotopic (exact) mass is 387 g/mol. The van der Waals surface area contributed by atoms with Gasteiger partial charge in [-0.1, -0.05) is 0 Å². The highest BCUT2D eigenvalue weighted by atomic mass is 32.1. The zero-order valence-corrected chi connectivity index (χ0v) is 15.5. The molecule has 1 amide bonds. The van der Waals surface area contributed by atoms with Gasteiger partial charge in [0.2, 0.25) is 5.91 Å². The zero-order valence-electron chi connectivity index (χ0n) is 14.7. The van der Waals surface area contributed by atoms with Crippen LogP contribution < -0.4 is 15.4 Å². The second kappa shape index (κ2) is 6.96. The van der Waals surface area contributed by atoms with E-state index in [-0.39, 0.29) is 17.3 Å². The summed E-state index contributed by atoms with van der Waals surface area (Å²) in [5, 5.41) is 14.5. The smallest absolute Gasteiger partial charge is 0.334 e. The van der Waals surface area contributed by atoms with Crippen LogP contribution in [0, 0.1) is 23.2 Å². The van der Waals surface area contributed by atoms with Crippen molar-refractivity contribution in [2.24, 2.45) is 11.8 Å². The third-order valence-corrected chi connectivity index (χ3v) is 5.28.